The molecule has 0 saturated heterocycles. The van der Waals surface area contributed by atoms with Gasteiger partial charge in [0.2, 0.25) is 0 Å². The van der Waals surface area contributed by atoms with Crippen LogP contribution in [0.5, 0.6) is 0 Å². The van der Waals surface area contributed by atoms with E-state index in [1.54, 1.807) is 30.3 Å². The molecule has 21 heavy (non-hydrogen) atoms. The number of rotatable bonds is 4. The van der Waals surface area contributed by atoms with Gasteiger partial charge in [0, 0.05) is 15.5 Å². The zero-order valence-electron chi connectivity index (χ0n) is 11.1. The average Bonchev–Trinajstić information content (AvgIpc) is 2.47. The molecule has 1 N–H and O–H groups in total. The molecule has 110 valence electrons. The van der Waals surface area contributed by atoms with Gasteiger partial charge in [-0.1, -0.05) is 28.1 Å². The number of hydrogen-bond acceptors (Lipinski definition) is 3. The number of para-hydroxylation sites is 1. The molecule has 0 saturated carbocycles. The highest BCUT2D eigenvalue weighted by Crippen LogP contribution is 2.27. The second kappa shape index (κ2) is 7.04. The topological polar surface area (TPSA) is 38.3 Å². The lowest BCUT2D eigenvalue weighted by atomic mass is 10.1. The maximum absolute atomic E-state index is 13.7. The molecular formula is C15H12Br2FNO2. The third-order valence-electron chi connectivity index (χ3n) is 2.89. The molecule has 0 heterocycles. The highest BCUT2D eigenvalue weighted by molar-refractivity contribution is 9.11. The summed E-state index contributed by atoms with van der Waals surface area (Å²) >= 11 is 6.71. The van der Waals surface area contributed by atoms with Gasteiger partial charge < -0.3 is 10.1 Å². The predicted molar refractivity (Wildman–Crippen MR) is 86.9 cm³/mol. The van der Waals surface area contributed by atoms with E-state index >= 15 is 0 Å². The van der Waals surface area contributed by atoms with Crippen molar-refractivity contribution in [2.75, 3.05) is 12.4 Å². The standard InChI is InChI=1S/C15H12Br2FNO2/c1-21-15(20)9-5-6-10(12(17)7-9)8-19-14-11(16)3-2-4-13(14)18/h2-7,19H,8H2,1H3. The molecule has 0 aromatic heterocycles. The zero-order chi connectivity index (χ0) is 15.4. The minimum Gasteiger partial charge on any atom is -0.465 e. The van der Waals surface area contributed by atoms with E-state index in [2.05, 4.69) is 41.9 Å². The molecule has 0 amide bonds. The molecule has 0 fully saturated rings. The van der Waals surface area contributed by atoms with Crippen LogP contribution in [-0.4, -0.2) is 13.1 Å². The lowest BCUT2D eigenvalue weighted by molar-refractivity contribution is 0.0600. The van der Waals surface area contributed by atoms with Crippen molar-refractivity contribution in [1.29, 1.82) is 0 Å². The quantitative estimate of drug-likeness (QED) is 0.731. The SMILES string of the molecule is COC(=O)c1ccc(CNc2c(F)cccc2Br)c(Br)c1. The fourth-order valence-corrected chi connectivity index (χ4v) is 2.79. The van der Waals surface area contributed by atoms with Crippen molar-refractivity contribution in [2.45, 2.75) is 6.54 Å². The van der Waals surface area contributed by atoms with Gasteiger partial charge in [0.05, 0.1) is 18.4 Å². The van der Waals surface area contributed by atoms with Crippen LogP contribution in [-0.2, 0) is 11.3 Å². The van der Waals surface area contributed by atoms with Crippen molar-refractivity contribution in [3.05, 3.63) is 62.3 Å². The number of benzene rings is 2. The first-order valence-electron chi connectivity index (χ1n) is 6.07. The Morgan fingerprint density at radius 1 is 1.24 bits per heavy atom. The first-order chi connectivity index (χ1) is 10.0. The number of hydrogen-bond donors (Lipinski definition) is 1. The largest absolute Gasteiger partial charge is 0.465 e. The summed E-state index contributed by atoms with van der Waals surface area (Å²) in [6.07, 6.45) is 0. The van der Waals surface area contributed by atoms with Gasteiger partial charge in [0.15, 0.2) is 0 Å². The number of esters is 1. The van der Waals surface area contributed by atoms with Crippen molar-refractivity contribution >= 4 is 43.5 Å². The van der Waals surface area contributed by atoms with Gasteiger partial charge >= 0.3 is 5.97 Å². The highest BCUT2D eigenvalue weighted by atomic mass is 79.9. The first-order valence-corrected chi connectivity index (χ1v) is 7.66. The minimum atomic E-state index is -0.396. The summed E-state index contributed by atoms with van der Waals surface area (Å²) in [7, 11) is 1.33. The normalized spacial score (nSPS) is 10.3. The Labute approximate surface area is 138 Å². The Morgan fingerprint density at radius 2 is 2.00 bits per heavy atom. The fraction of sp³-hybridized carbons (Fsp3) is 0.133. The second-order valence-electron chi connectivity index (χ2n) is 4.25. The number of ether oxygens (including phenoxy) is 1. The lowest BCUT2D eigenvalue weighted by Crippen LogP contribution is -2.05. The Morgan fingerprint density at radius 3 is 2.62 bits per heavy atom. The molecule has 0 aliphatic carbocycles. The number of halogens is 3. The van der Waals surface area contributed by atoms with E-state index in [1.165, 1.54) is 13.2 Å². The summed E-state index contributed by atoms with van der Waals surface area (Å²) in [6, 6.07) is 9.93. The van der Waals surface area contributed by atoms with E-state index in [9.17, 15) is 9.18 Å². The number of carbonyl (C=O) groups excluding carboxylic acids is 1. The van der Waals surface area contributed by atoms with E-state index in [-0.39, 0.29) is 5.82 Å². The molecule has 2 rings (SSSR count). The van der Waals surface area contributed by atoms with E-state index < -0.39 is 5.97 Å². The van der Waals surface area contributed by atoms with Crippen LogP contribution in [0.1, 0.15) is 15.9 Å². The smallest absolute Gasteiger partial charge is 0.337 e. The van der Waals surface area contributed by atoms with E-state index in [0.717, 1.165) is 10.0 Å². The molecule has 0 spiro atoms. The summed E-state index contributed by atoms with van der Waals surface area (Å²) in [5.74, 6) is -0.723. The van der Waals surface area contributed by atoms with Gasteiger partial charge in [0.25, 0.3) is 0 Å². The molecule has 2 aromatic carbocycles. The van der Waals surface area contributed by atoms with Crippen LogP contribution >= 0.6 is 31.9 Å². The lowest BCUT2D eigenvalue weighted by Gasteiger charge is -2.11. The molecule has 0 atom stereocenters. The zero-order valence-corrected chi connectivity index (χ0v) is 14.3. The van der Waals surface area contributed by atoms with E-state index in [0.29, 0.717) is 22.3 Å². The van der Waals surface area contributed by atoms with Crippen LogP contribution in [0, 0.1) is 5.82 Å². The molecule has 0 aliphatic rings. The maximum Gasteiger partial charge on any atom is 0.337 e. The summed E-state index contributed by atoms with van der Waals surface area (Å²) in [5, 5.41) is 3.03. The van der Waals surface area contributed by atoms with Crippen molar-refractivity contribution in [2.24, 2.45) is 0 Å². The first kappa shape index (κ1) is 16.0. The number of anilines is 1. The van der Waals surface area contributed by atoms with Gasteiger partial charge in [-0.05, 0) is 45.8 Å². The minimum absolute atomic E-state index is 0.327. The van der Waals surface area contributed by atoms with Gasteiger partial charge in [0.1, 0.15) is 5.82 Å². The maximum atomic E-state index is 13.7. The molecule has 3 nitrogen and oxygen atoms in total. The van der Waals surface area contributed by atoms with Crippen molar-refractivity contribution < 1.29 is 13.9 Å². The Hall–Kier alpha value is -1.40. The molecule has 0 aliphatic heterocycles. The molecule has 0 radical (unpaired) electrons. The van der Waals surface area contributed by atoms with Gasteiger partial charge in [-0.15, -0.1) is 0 Å². The highest BCUT2D eigenvalue weighted by Gasteiger charge is 2.10. The van der Waals surface area contributed by atoms with Crippen molar-refractivity contribution in [3.8, 4) is 0 Å². The number of methoxy groups -OCH3 is 1. The molecular weight excluding hydrogens is 405 g/mol. The third kappa shape index (κ3) is 3.83. The third-order valence-corrected chi connectivity index (χ3v) is 4.29. The second-order valence-corrected chi connectivity index (χ2v) is 5.96. The summed E-state index contributed by atoms with van der Waals surface area (Å²) in [6.45, 7) is 0.418. The van der Waals surface area contributed by atoms with Crippen LogP contribution in [0.2, 0.25) is 0 Å². The Balaban J connectivity index is 2.16. The summed E-state index contributed by atoms with van der Waals surface area (Å²) in [4.78, 5) is 11.4. The monoisotopic (exact) mass is 415 g/mol. The van der Waals surface area contributed by atoms with Crippen LogP contribution in [0.25, 0.3) is 0 Å². The predicted octanol–water partition coefficient (Wildman–Crippen LogP) is 4.75. The van der Waals surface area contributed by atoms with Gasteiger partial charge in [-0.2, -0.15) is 0 Å². The van der Waals surface area contributed by atoms with E-state index in [1.807, 2.05) is 0 Å². The van der Waals surface area contributed by atoms with Gasteiger partial charge in [-0.25, -0.2) is 9.18 Å². The molecule has 0 unspecified atom stereocenters. The molecule has 2 aromatic rings. The van der Waals surface area contributed by atoms with E-state index in [4.69, 9.17) is 0 Å². The number of nitrogens with one attached hydrogen (secondary N) is 1. The van der Waals surface area contributed by atoms with Crippen molar-refractivity contribution in [3.63, 3.8) is 0 Å². The summed E-state index contributed by atoms with van der Waals surface area (Å²) in [5.41, 5.74) is 1.76. The van der Waals surface area contributed by atoms with Gasteiger partial charge in [-0.3, -0.25) is 0 Å². The fourth-order valence-electron chi connectivity index (χ4n) is 1.79. The Kier molecular flexibility index (Phi) is 5.36. The summed E-state index contributed by atoms with van der Waals surface area (Å²) < 4.78 is 19.8. The van der Waals surface area contributed by atoms with Crippen molar-refractivity contribution in [1.82, 2.24) is 0 Å². The van der Waals surface area contributed by atoms with Crippen LogP contribution in [0.4, 0.5) is 10.1 Å². The Bertz CT molecular complexity index is 656. The van der Waals surface area contributed by atoms with Crippen LogP contribution in [0.15, 0.2) is 45.3 Å². The molecule has 0 bridgehead atoms. The van der Waals surface area contributed by atoms with Crippen LogP contribution in [0.3, 0.4) is 0 Å². The van der Waals surface area contributed by atoms with Crippen LogP contribution < -0.4 is 5.32 Å². The number of carbonyl (C=O) groups is 1. The average molecular weight is 417 g/mol. The molecule has 6 heteroatoms.